The average Bonchev–Trinajstić information content (AvgIpc) is 2.17. The molecule has 2 rings (SSSR count). The van der Waals surface area contributed by atoms with Crippen molar-refractivity contribution in [2.75, 3.05) is 0 Å². The van der Waals surface area contributed by atoms with Crippen molar-refractivity contribution < 1.29 is 3.07 Å². The molecule has 57 valence electrons. The summed E-state index contributed by atoms with van der Waals surface area (Å²) in [6.45, 7) is 0. The van der Waals surface area contributed by atoms with Crippen LogP contribution in [0, 0.1) is 0 Å². The summed E-state index contributed by atoms with van der Waals surface area (Å²) in [6.07, 6.45) is 0. The number of rotatable bonds is 1. The molecule has 0 saturated heterocycles. The van der Waals surface area contributed by atoms with Gasteiger partial charge in [0, 0.05) is 0 Å². The second-order valence-electron chi connectivity index (χ2n) is 2.58. The first-order valence-electron chi connectivity index (χ1n) is 3.73. The van der Waals surface area contributed by atoms with E-state index in [-0.39, 0.29) is 0 Å². The van der Waals surface area contributed by atoms with Crippen LogP contribution in [0.25, 0.3) is 10.8 Å². The van der Waals surface area contributed by atoms with E-state index in [9.17, 15) is 0 Å². The van der Waals surface area contributed by atoms with E-state index in [2.05, 4.69) is 18.2 Å². The summed E-state index contributed by atoms with van der Waals surface area (Å²) in [7, 11) is 0. The average molecular weight is 262 g/mol. The van der Waals surface area contributed by atoms with Gasteiger partial charge in [-0.3, -0.25) is 0 Å². The van der Waals surface area contributed by atoms with E-state index in [1.54, 1.807) is 0 Å². The molecule has 0 aliphatic carbocycles. The van der Waals surface area contributed by atoms with Crippen LogP contribution < -0.4 is 3.07 Å². The van der Waals surface area contributed by atoms with Gasteiger partial charge in [-0.15, -0.1) is 0 Å². The van der Waals surface area contributed by atoms with Crippen molar-refractivity contribution >= 4 is 33.7 Å². The summed E-state index contributed by atoms with van der Waals surface area (Å²) in [4.78, 5) is 0. The Morgan fingerprint density at radius 2 is 1.67 bits per heavy atom. The molecule has 0 saturated carbocycles. The fourth-order valence-corrected chi connectivity index (χ4v) is 1.79. The van der Waals surface area contributed by atoms with E-state index in [0.717, 1.165) is 28.7 Å². The molecule has 2 aromatic rings. The van der Waals surface area contributed by atoms with Crippen LogP contribution in [0.15, 0.2) is 42.5 Å². The Morgan fingerprint density at radius 3 is 2.50 bits per heavy atom. The van der Waals surface area contributed by atoms with Crippen LogP contribution in [0.3, 0.4) is 0 Å². The summed E-state index contributed by atoms with van der Waals surface area (Å²) in [5.74, 6) is 0.978. The maximum absolute atomic E-state index is 5.32. The molecule has 12 heavy (non-hydrogen) atoms. The molecular formula is C10H7OSn. The molecule has 2 aromatic carbocycles. The Balaban J connectivity index is 2.79. The predicted octanol–water partition coefficient (Wildman–Crippen LogP) is 2.30. The van der Waals surface area contributed by atoms with Crippen molar-refractivity contribution in [3.63, 3.8) is 0 Å². The molecule has 3 radical (unpaired) electrons. The summed E-state index contributed by atoms with van der Waals surface area (Å²) in [5, 5.41) is 2.43. The molecule has 0 aliphatic rings. The molecule has 0 spiro atoms. The third-order valence-electron chi connectivity index (χ3n) is 1.86. The fraction of sp³-hybridized carbons (Fsp3) is 0. The van der Waals surface area contributed by atoms with Gasteiger partial charge in [0.15, 0.2) is 0 Å². The van der Waals surface area contributed by atoms with Crippen molar-refractivity contribution in [3.05, 3.63) is 42.5 Å². The molecule has 0 unspecified atom stereocenters. The Labute approximate surface area is 85.0 Å². The Morgan fingerprint density at radius 1 is 0.917 bits per heavy atom. The van der Waals surface area contributed by atoms with Crippen molar-refractivity contribution in [3.8, 4) is 5.75 Å². The van der Waals surface area contributed by atoms with E-state index >= 15 is 0 Å². The van der Waals surface area contributed by atoms with Gasteiger partial charge in [-0.1, -0.05) is 0 Å². The number of hydrogen-bond acceptors (Lipinski definition) is 1. The van der Waals surface area contributed by atoms with Gasteiger partial charge < -0.3 is 0 Å². The summed E-state index contributed by atoms with van der Waals surface area (Å²) < 4.78 is 5.32. The first-order chi connectivity index (χ1) is 5.92. The molecule has 0 heterocycles. The van der Waals surface area contributed by atoms with Gasteiger partial charge in [0.1, 0.15) is 0 Å². The molecule has 0 aliphatic heterocycles. The predicted molar refractivity (Wildman–Crippen MR) is 50.3 cm³/mol. The topological polar surface area (TPSA) is 9.23 Å². The van der Waals surface area contributed by atoms with E-state index in [1.807, 2.05) is 24.3 Å². The Bertz CT molecular complexity index is 392. The van der Waals surface area contributed by atoms with Crippen LogP contribution in [-0.4, -0.2) is 22.9 Å². The van der Waals surface area contributed by atoms with E-state index in [1.165, 1.54) is 10.8 Å². The monoisotopic (exact) mass is 263 g/mol. The standard InChI is InChI=1S/C10H8O.Sn/c11-10-7-3-5-8-4-1-2-6-9(8)10;/h1-7,11H;/q;+1/p-1. The Kier molecular flexibility index (Phi) is 2.21. The number of hydrogen-bond donors (Lipinski definition) is 0. The maximum atomic E-state index is 5.32. The quantitative estimate of drug-likeness (QED) is 0.716. The van der Waals surface area contributed by atoms with E-state index in [4.69, 9.17) is 3.07 Å². The van der Waals surface area contributed by atoms with Crippen LogP contribution in [0.2, 0.25) is 0 Å². The van der Waals surface area contributed by atoms with Gasteiger partial charge in [0.05, 0.1) is 0 Å². The fourth-order valence-electron chi connectivity index (χ4n) is 1.28. The second kappa shape index (κ2) is 3.35. The molecule has 0 amide bonds. The molecule has 2 heteroatoms. The van der Waals surface area contributed by atoms with Gasteiger partial charge in [0.25, 0.3) is 0 Å². The zero-order valence-corrected chi connectivity index (χ0v) is 9.30. The number of benzene rings is 2. The first-order valence-corrected chi connectivity index (χ1v) is 4.89. The van der Waals surface area contributed by atoms with E-state index < -0.39 is 0 Å². The molecule has 0 aromatic heterocycles. The molecule has 1 nitrogen and oxygen atoms in total. The molecule has 0 atom stereocenters. The summed E-state index contributed by atoms with van der Waals surface area (Å²) in [5.41, 5.74) is 0. The van der Waals surface area contributed by atoms with Crippen LogP contribution in [0.5, 0.6) is 5.75 Å². The molecular weight excluding hydrogens is 255 g/mol. The SMILES string of the molecule is [Sn][O]c1cccc2ccccc12. The van der Waals surface area contributed by atoms with Gasteiger partial charge in [-0.2, -0.15) is 0 Å². The first kappa shape index (κ1) is 7.92. The summed E-state index contributed by atoms with van der Waals surface area (Å²) >= 11 is 1.08. The van der Waals surface area contributed by atoms with Gasteiger partial charge in [0.2, 0.25) is 0 Å². The van der Waals surface area contributed by atoms with E-state index in [0.29, 0.717) is 0 Å². The van der Waals surface area contributed by atoms with Crippen molar-refractivity contribution in [2.24, 2.45) is 0 Å². The molecule has 0 bridgehead atoms. The third-order valence-corrected chi connectivity index (χ3v) is 2.49. The zero-order chi connectivity index (χ0) is 8.39. The van der Waals surface area contributed by atoms with Gasteiger partial charge in [-0.25, -0.2) is 0 Å². The van der Waals surface area contributed by atoms with Crippen molar-refractivity contribution in [1.29, 1.82) is 0 Å². The third kappa shape index (κ3) is 1.29. The molecule has 0 N–H and O–H groups in total. The zero-order valence-electron chi connectivity index (χ0n) is 6.45. The van der Waals surface area contributed by atoms with Crippen LogP contribution in [0.1, 0.15) is 0 Å². The number of fused-ring (bicyclic) bond motifs is 1. The Hall–Kier alpha value is -0.701. The second-order valence-corrected chi connectivity index (χ2v) is 3.16. The van der Waals surface area contributed by atoms with Crippen LogP contribution >= 0.6 is 0 Å². The normalized spacial score (nSPS) is 10.1. The minimum absolute atomic E-state index is 0.978. The molecule has 0 fully saturated rings. The van der Waals surface area contributed by atoms with Crippen molar-refractivity contribution in [2.45, 2.75) is 0 Å². The van der Waals surface area contributed by atoms with Crippen molar-refractivity contribution in [1.82, 2.24) is 0 Å². The van der Waals surface area contributed by atoms with Crippen LogP contribution in [-0.2, 0) is 0 Å². The van der Waals surface area contributed by atoms with Gasteiger partial charge >= 0.3 is 85.0 Å². The van der Waals surface area contributed by atoms with Gasteiger partial charge in [-0.05, 0) is 0 Å². The minimum atomic E-state index is 0.978. The van der Waals surface area contributed by atoms with Crippen LogP contribution in [0.4, 0.5) is 0 Å². The summed E-state index contributed by atoms with van der Waals surface area (Å²) in [6, 6.07) is 14.3.